The number of amides is 3. The molecule has 3 heterocycles. The molecule has 1 N–H and O–H groups in total. The SMILES string of the molecule is C=CCN(C(=O)[C@@H]1[C@H]2C(=O)N(CCO)C(C(=O)N(CC=C)c3c(C)cccc3C)C23CC[C@H]1S3)c1ccc(OCC)cc1. The number of ether oxygens (including phenoxy) is 1. The van der Waals surface area contributed by atoms with E-state index in [0.717, 1.165) is 23.2 Å². The molecule has 3 amide bonds. The van der Waals surface area contributed by atoms with Gasteiger partial charge >= 0.3 is 0 Å². The van der Waals surface area contributed by atoms with Crippen LogP contribution in [-0.2, 0) is 14.4 Å². The Morgan fingerprint density at radius 3 is 2.33 bits per heavy atom. The van der Waals surface area contributed by atoms with Crippen molar-refractivity contribution in [3.05, 3.63) is 78.9 Å². The van der Waals surface area contributed by atoms with Crippen molar-refractivity contribution in [3.63, 3.8) is 0 Å². The number of aryl methyl sites for hydroxylation is 2. The van der Waals surface area contributed by atoms with Gasteiger partial charge in [0.15, 0.2) is 0 Å². The first-order valence-corrected chi connectivity index (χ1v) is 15.8. The fourth-order valence-corrected chi connectivity index (χ4v) is 9.59. The van der Waals surface area contributed by atoms with Crippen molar-refractivity contribution in [2.24, 2.45) is 11.8 Å². The molecule has 0 radical (unpaired) electrons. The maximum atomic E-state index is 14.7. The predicted octanol–water partition coefficient (Wildman–Crippen LogP) is 4.52. The van der Waals surface area contributed by atoms with Gasteiger partial charge in [0.05, 0.1) is 29.8 Å². The maximum Gasteiger partial charge on any atom is 0.251 e. The number of nitrogens with zero attached hydrogens (tertiary/aromatic N) is 3. The molecule has 5 rings (SSSR count). The number of hydrogen-bond acceptors (Lipinski definition) is 6. The highest BCUT2D eigenvalue weighted by atomic mass is 32.2. The molecule has 228 valence electrons. The molecule has 8 nitrogen and oxygen atoms in total. The van der Waals surface area contributed by atoms with Crippen molar-refractivity contribution in [3.8, 4) is 5.75 Å². The zero-order valence-electron chi connectivity index (χ0n) is 25.2. The van der Waals surface area contributed by atoms with Gasteiger partial charge in [0.1, 0.15) is 11.8 Å². The summed E-state index contributed by atoms with van der Waals surface area (Å²) < 4.78 is 4.82. The molecular formula is C34H41N3O5S. The first-order chi connectivity index (χ1) is 20.7. The molecule has 1 spiro atoms. The van der Waals surface area contributed by atoms with E-state index >= 15 is 0 Å². The Labute approximate surface area is 258 Å². The van der Waals surface area contributed by atoms with Gasteiger partial charge < -0.3 is 24.5 Å². The number of carbonyl (C=O) groups is 3. The highest BCUT2D eigenvalue weighted by Gasteiger charge is 2.74. The van der Waals surface area contributed by atoms with Gasteiger partial charge in [0, 0.05) is 36.3 Å². The molecule has 3 fully saturated rings. The summed E-state index contributed by atoms with van der Waals surface area (Å²) in [5.41, 5.74) is 3.41. The third-order valence-electron chi connectivity index (χ3n) is 8.98. The molecule has 2 unspecified atom stereocenters. The van der Waals surface area contributed by atoms with Crippen molar-refractivity contribution >= 4 is 40.9 Å². The van der Waals surface area contributed by atoms with Crippen molar-refractivity contribution in [1.29, 1.82) is 0 Å². The molecule has 3 aliphatic heterocycles. The molecule has 0 aromatic heterocycles. The second kappa shape index (κ2) is 12.6. The number of aliphatic hydroxyl groups excluding tert-OH is 1. The second-order valence-electron chi connectivity index (χ2n) is 11.5. The number of anilines is 2. The molecule has 3 aliphatic rings. The normalized spacial score (nSPS) is 25.4. The van der Waals surface area contributed by atoms with Crippen molar-refractivity contribution in [2.75, 3.05) is 42.6 Å². The van der Waals surface area contributed by atoms with Crippen LogP contribution in [0.1, 0.15) is 30.9 Å². The summed E-state index contributed by atoms with van der Waals surface area (Å²) in [5.74, 6) is -1.11. The van der Waals surface area contributed by atoms with Crippen LogP contribution in [0.2, 0.25) is 0 Å². The van der Waals surface area contributed by atoms with Gasteiger partial charge in [-0.2, -0.15) is 0 Å². The average molecular weight is 604 g/mol. The minimum absolute atomic E-state index is 0.0313. The highest BCUT2D eigenvalue weighted by Crippen LogP contribution is 2.66. The van der Waals surface area contributed by atoms with Gasteiger partial charge in [-0.25, -0.2) is 0 Å². The lowest BCUT2D eigenvalue weighted by Crippen LogP contribution is -2.55. The third-order valence-corrected chi connectivity index (χ3v) is 10.9. The molecule has 2 bridgehead atoms. The Bertz CT molecular complexity index is 1390. The Balaban J connectivity index is 1.54. The van der Waals surface area contributed by atoms with E-state index < -0.39 is 22.6 Å². The minimum atomic E-state index is -0.803. The van der Waals surface area contributed by atoms with E-state index in [1.165, 1.54) is 0 Å². The van der Waals surface area contributed by atoms with E-state index in [0.29, 0.717) is 24.5 Å². The molecule has 0 saturated carbocycles. The lowest BCUT2D eigenvalue weighted by molar-refractivity contribution is -0.139. The number of β-amino-alcohol motifs (C(OH)–C–C–N with tert-alkyl or cyclic N) is 1. The molecule has 9 heteroatoms. The number of thioether (sulfide) groups is 1. The summed E-state index contributed by atoms with van der Waals surface area (Å²) >= 11 is 1.62. The van der Waals surface area contributed by atoms with E-state index in [2.05, 4.69) is 13.2 Å². The summed E-state index contributed by atoms with van der Waals surface area (Å²) in [7, 11) is 0. The second-order valence-corrected chi connectivity index (χ2v) is 13.1. The summed E-state index contributed by atoms with van der Waals surface area (Å²) in [6.45, 7) is 14.5. The van der Waals surface area contributed by atoms with Crippen LogP contribution in [0.15, 0.2) is 67.8 Å². The largest absolute Gasteiger partial charge is 0.494 e. The number of hydrogen-bond donors (Lipinski definition) is 1. The Morgan fingerprint density at radius 1 is 1.07 bits per heavy atom. The fraction of sp³-hybridized carbons (Fsp3) is 0.441. The number of carbonyl (C=O) groups excluding carboxylic acids is 3. The topological polar surface area (TPSA) is 90.4 Å². The zero-order chi connectivity index (χ0) is 30.9. The smallest absolute Gasteiger partial charge is 0.251 e. The molecule has 3 saturated heterocycles. The number of fused-ring (bicyclic) bond motifs is 1. The van der Waals surface area contributed by atoms with E-state index in [-0.39, 0.29) is 49.2 Å². The zero-order valence-corrected chi connectivity index (χ0v) is 26.0. The predicted molar refractivity (Wildman–Crippen MR) is 172 cm³/mol. The molecule has 2 aromatic rings. The van der Waals surface area contributed by atoms with E-state index in [1.54, 1.807) is 38.6 Å². The molecule has 2 aromatic carbocycles. The van der Waals surface area contributed by atoms with Crippen molar-refractivity contribution in [1.82, 2.24) is 4.90 Å². The number of benzene rings is 2. The van der Waals surface area contributed by atoms with Gasteiger partial charge in [-0.1, -0.05) is 30.4 Å². The number of likely N-dealkylation sites (tertiary alicyclic amines) is 1. The first kappa shape index (κ1) is 30.9. The van der Waals surface area contributed by atoms with Crippen molar-refractivity contribution in [2.45, 2.75) is 49.7 Å². The van der Waals surface area contributed by atoms with Crippen LogP contribution in [0.3, 0.4) is 0 Å². The Kier molecular flexibility index (Phi) is 9.04. The van der Waals surface area contributed by atoms with Crippen LogP contribution in [0.25, 0.3) is 0 Å². The minimum Gasteiger partial charge on any atom is -0.494 e. The summed E-state index contributed by atoms with van der Waals surface area (Å²) in [6.07, 6.45) is 4.77. The number of rotatable bonds is 12. The number of aliphatic hydroxyl groups is 1. The van der Waals surface area contributed by atoms with Crippen LogP contribution in [-0.4, -0.2) is 76.6 Å². The van der Waals surface area contributed by atoms with Crippen LogP contribution in [0, 0.1) is 25.7 Å². The molecule has 0 aliphatic carbocycles. The Morgan fingerprint density at radius 2 is 1.72 bits per heavy atom. The van der Waals surface area contributed by atoms with Crippen LogP contribution in [0.4, 0.5) is 11.4 Å². The number of para-hydroxylation sites is 1. The van der Waals surface area contributed by atoms with Gasteiger partial charge in [0.25, 0.3) is 5.91 Å². The summed E-state index contributed by atoms with van der Waals surface area (Å²) in [5, 5.41) is 9.94. The van der Waals surface area contributed by atoms with Gasteiger partial charge in [-0.3, -0.25) is 14.4 Å². The van der Waals surface area contributed by atoms with E-state index in [1.807, 2.05) is 63.2 Å². The summed E-state index contributed by atoms with van der Waals surface area (Å²) in [4.78, 5) is 48.3. The lowest BCUT2D eigenvalue weighted by Gasteiger charge is -2.38. The highest BCUT2D eigenvalue weighted by molar-refractivity contribution is 8.02. The van der Waals surface area contributed by atoms with Crippen LogP contribution >= 0.6 is 11.8 Å². The summed E-state index contributed by atoms with van der Waals surface area (Å²) in [6, 6.07) is 12.5. The van der Waals surface area contributed by atoms with Crippen molar-refractivity contribution < 1.29 is 24.2 Å². The average Bonchev–Trinajstić information content (AvgIpc) is 3.63. The third kappa shape index (κ3) is 5.16. The van der Waals surface area contributed by atoms with Crippen LogP contribution < -0.4 is 14.5 Å². The molecule has 5 atom stereocenters. The van der Waals surface area contributed by atoms with Gasteiger partial charge in [-0.05, 0) is 69.0 Å². The first-order valence-electron chi connectivity index (χ1n) is 15.0. The van der Waals surface area contributed by atoms with E-state index in [4.69, 9.17) is 4.74 Å². The van der Waals surface area contributed by atoms with Gasteiger partial charge in [-0.15, -0.1) is 24.9 Å². The Hall–Kier alpha value is -3.56. The lowest BCUT2D eigenvalue weighted by atomic mass is 9.70. The molecule has 43 heavy (non-hydrogen) atoms. The quantitative estimate of drug-likeness (QED) is 0.359. The van der Waals surface area contributed by atoms with Gasteiger partial charge in [0.2, 0.25) is 11.8 Å². The van der Waals surface area contributed by atoms with E-state index in [9.17, 15) is 19.5 Å². The monoisotopic (exact) mass is 603 g/mol. The fourth-order valence-electron chi connectivity index (χ4n) is 7.38. The molecular weight excluding hydrogens is 562 g/mol. The maximum absolute atomic E-state index is 14.7. The van der Waals surface area contributed by atoms with Crippen LogP contribution in [0.5, 0.6) is 5.75 Å². The standard InChI is InChI=1S/C34H41N3O5S/c1-6-18-35(24-12-14-25(15-13-24)42-8-3)31(39)27-26-16-17-34(43-26)28(27)32(40)37(20-21-38)30(34)33(41)36(19-7-2)29-22(4)10-9-11-23(29)5/h6-7,9-15,26-28,30,38H,1-2,8,16-21H2,3-5H3/t26-,27+,28+,30?,34?/m1/s1.